The van der Waals surface area contributed by atoms with Crippen molar-refractivity contribution in [3.8, 4) is 11.5 Å². The van der Waals surface area contributed by atoms with Crippen LogP contribution in [0, 0.1) is 20.2 Å². The molecule has 6 rings (SSSR count). The number of rotatable bonds is 12. The van der Waals surface area contributed by atoms with Crippen molar-refractivity contribution in [3.63, 3.8) is 0 Å². The summed E-state index contributed by atoms with van der Waals surface area (Å²) in [5.74, 6) is -7.43. The zero-order valence-corrected chi connectivity index (χ0v) is 35.3. The average Bonchev–Trinajstić information content (AvgIpc) is 3.81. The summed E-state index contributed by atoms with van der Waals surface area (Å²) in [5, 5.41) is 47.9. The Morgan fingerprint density at radius 3 is 1.20 bits per heavy atom. The van der Waals surface area contributed by atoms with Crippen molar-refractivity contribution in [3.05, 3.63) is 153 Å². The van der Waals surface area contributed by atoms with Gasteiger partial charge in [-0.25, -0.2) is 9.59 Å². The average molecular weight is 805 g/mol. The minimum atomic E-state index is -3.11. The number of furan rings is 2. The zero-order valence-electron chi connectivity index (χ0n) is 29.1. The Labute approximate surface area is 395 Å². The maximum absolute atomic E-state index is 12.5. The van der Waals surface area contributed by atoms with Gasteiger partial charge < -0.3 is 43.6 Å². The molecule has 0 aliphatic carbocycles. The number of aliphatic carboxylic acids is 2. The van der Waals surface area contributed by atoms with E-state index in [1.54, 1.807) is 72.8 Å². The molecule has 0 radical (unpaired) electrons. The first-order valence-corrected chi connectivity index (χ1v) is 15.1. The van der Waals surface area contributed by atoms with E-state index in [0.717, 1.165) is 0 Å². The zero-order chi connectivity index (χ0) is 37.5. The number of carboxylic acid groups (broad SMARTS) is 2. The molecule has 2 atom stereocenters. The Balaban J connectivity index is 0.000000360. The van der Waals surface area contributed by atoms with Crippen molar-refractivity contribution in [2.24, 2.45) is 0 Å². The number of fused-ring (bicyclic) bond motifs is 2. The number of esters is 2. The van der Waals surface area contributed by atoms with E-state index < -0.39 is 57.6 Å². The van der Waals surface area contributed by atoms with Gasteiger partial charge in [0.25, 0.3) is 0 Å². The Hall–Kier alpha value is -4.13. The van der Waals surface area contributed by atoms with Gasteiger partial charge >= 0.3 is 126 Å². The van der Waals surface area contributed by atoms with E-state index >= 15 is 0 Å². The predicted molar refractivity (Wildman–Crippen MR) is 177 cm³/mol. The largest absolute Gasteiger partial charge is 1.00 e. The second kappa shape index (κ2) is 20.7. The van der Waals surface area contributed by atoms with Crippen LogP contribution in [0.5, 0.6) is 11.5 Å². The van der Waals surface area contributed by atoms with Gasteiger partial charge in [0, 0.05) is 31.7 Å². The van der Waals surface area contributed by atoms with Gasteiger partial charge in [0.15, 0.2) is 0 Å². The Morgan fingerprint density at radius 1 is 0.545 bits per heavy atom. The number of carboxylic acids is 2. The maximum Gasteiger partial charge on any atom is 1.00 e. The first-order chi connectivity index (χ1) is 24.9. The van der Waals surface area contributed by atoms with E-state index in [4.69, 9.17) is 18.3 Å². The summed E-state index contributed by atoms with van der Waals surface area (Å²) in [6, 6.07) is 27.7. The maximum atomic E-state index is 12.5. The molecular formula is C36H26K2N2O15. The molecule has 0 aliphatic rings. The SMILES string of the molecule is O.O=C([O-])C(Cc1cccc2ccoc12)(C(=O)Oc1ccccc1)[N+](=O)[O-].O=C([O-])C(Cc1cccc2ccoc12)(C(=O)Oc1ccccc1)[N+](=O)[O-].[K+].[K+]. The summed E-state index contributed by atoms with van der Waals surface area (Å²) < 4.78 is 20.4. The number of nitro groups is 2. The molecule has 2 N–H and O–H groups in total. The second-order valence-electron chi connectivity index (χ2n) is 11.1. The first-order valence-electron chi connectivity index (χ1n) is 15.1. The van der Waals surface area contributed by atoms with E-state index in [0.29, 0.717) is 10.8 Å². The molecule has 19 heteroatoms. The minimum Gasteiger partial charge on any atom is -0.543 e. The fourth-order valence-electron chi connectivity index (χ4n) is 5.18. The third-order valence-electron chi connectivity index (χ3n) is 7.90. The summed E-state index contributed by atoms with van der Waals surface area (Å²) >= 11 is 0. The first kappa shape index (κ1) is 47.0. The summed E-state index contributed by atoms with van der Waals surface area (Å²) in [6.45, 7) is 0. The molecular weight excluding hydrogens is 779 g/mol. The van der Waals surface area contributed by atoms with Gasteiger partial charge in [-0.3, -0.25) is 20.2 Å². The van der Waals surface area contributed by atoms with Gasteiger partial charge in [-0.05, 0) is 36.4 Å². The van der Waals surface area contributed by atoms with Crippen LogP contribution in [-0.4, -0.2) is 50.3 Å². The molecule has 0 amide bonds. The van der Waals surface area contributed by atoms with E-state index in [1.165, 1.54) is 48.9 Å². The van der Waals surface area contributed by atoms with Crippen molar-refractivity contribution in [2.75, 3.05) is 0 Å². The van der Waals surface area contributed by atoms with Crippen LogP contribution in [-0.2, 0) is 32.0 Å². The van der Waals surface area contributed by atoms with Gasteiger partial charge in [0.05, 0.1) is 25.4 Å². The molecule has 0 aliphatic heterocycles. The number of carbonyl (C=O) groups is 4. The normalized spacial score (nSPS) is 12.4. The minimum absolute atomic E-state index is 0. The van der Waals surface area contributed by atoms with Crippen molar-refractivity contribution in [2.45, 2.75) is 23.9 Å². The fraction of sp³-hybridized carbons (Fsp3) is 0.111. The van der Waals surface area contributed by atoms with Crippen LogP contribution < -0.4 is 122 Å². The van der Waals surface area contributed by atoms with Crippen LogP contribution >= 0.6 is 0 Å². The number of benzene rings is 4. The van der Waals surface area contributed by atoms with Crippen LogP contribution in [0.15, 0.2) is 131 Å². The van der Waals surface area contributed by atoms with E-state index in [9.17, 15) is 49.6 Å². The quantitative estimate of drug-likeness (QED) is 0.0284. The monoisotopic (exact) mass is 804 g/mol. The third-order valence-corrected chi connectivity index (χ3v) is 7.90. The number of para-hydroxylation sites is 4. The molecule has 0 saturated carbocycles. The summed E-state index contributed by atoms with van der Waals surface area (Å²) in [5.41, 5.74) is -5.36. The van der Waals surface area contributed by atoms with Gasteiger partial charge in [0.1, 0.15) is 34.6 Å². The molecule has 55 heavy (non-hydrogen) atoms. The van der Waals surface area contributed by atoms with Gasteiger partial charge in [0.2, 0.25) is 0 Å². The van der Waals surface area contributed by atoms with E-state index in [1.807, 2.05) is 0 Å². The number of ether oxygens (including phenoxy) is 2. The third kappa shape index (κ3) is 10.2. The molecule has 4 aromatic carbocycles. The van der Waals surface area contributed by atoms with Gasteiger partial charge in [-0.1, -0.05) is 72.8 Å². The fourth-order valence-corrected chi connectivity index (χ4v) is 5.18. The summed E-state index contributed by atoms with van der Waals surface area (Å²) in [6.07, 6.45) is 1.17. The molecule has 0 bridgehead atoms. The molecule has 2 unspecified atom stereocenters. The van der Waals surface area contributed by atoms with Gasteiger partial charge in [-0.2, -0.15) is 0 Å². The van der Waals surface area contributed by atoms with Crippen LogP contribution in [0.3, 0.4) is 0 Å². The topological polar surface area (TPSA) is 277 Å². The summed E-state index contributed by atoms with van der Waals surface area (Å²) in [7, 11) is 0. The number of carbonyl (C=O) groups excluding carboxylic acids is 4. The molecule has 6 aromatic rings. The number of hydrogen-bond donors (Lipinski definition) is 0. The van der Waals surface area contributed by atoms with Crippen molar-refractivity contribution < 1.29 is 166 Å². The molecule has 2 aromatic heterocycles. The van der Waals surface area contributed by atoms with Crippen molar-refractivity contribution in [1.82, 2.24) is 0 Å². The summed E-state index contributed by atoms with van der Waals surface area (Å²) in [4.78, 5) is 69.2. The smallest absolute Gasteiger partial charge is 0.543 e. The molecule has 2 heterocycles. The molecule has 17 nitrogen and oxygen atoms in total. The van der Waals surface area contributed by atoms with Crippen LogP contribution in [0.25, 0.3) is 21.9 Å². The van der Waals surface area contributed by atoms with Crippen LogP contribution in [0.1, 0.15) is 11.1 Å². The molecule has 0 spiro atoms. The van der Waals surface area contributed by atoms with Crippen molar-refractivity contribution in [1.29, 1.82) is 0 Å². The van der Waals surface area contributed by atoms with Gasteiger partial charge in [-0.15, -0.1) is 0 Å². The number of nitrogens with zero attached hydrogens (tertiary/aromatic N) is 2. The Bertz CT molecular complexity index is 2100. The van der Waals surface area contributed by atoms with Crippen LogP contribution in [0.2, 0.25) is 0 Å². The van der Waals surface area contributed by atoms with Crippen LogP contribution in [0.4, 0.5) is 0 Å². The van der Waals surface area contributed by atoms with Crippen molar-refractivity contribution >= 4 is 45.8 Å². The number of hydrogen-bond acceptors (Lipinski definition) is 14. The van der Waals surface area contributed by atoms with E-state index in [2.05, 4.69) is 0 Å². The predicted octanol–water partition coefficient (Wildman–Crippen LogP) is -4.12. The Morgan fingerprint density at radius 2 is 0.891 bits per heavy atom. The standard InChI is InChI=1S/2C18H13NO7.2K.H2O/c2*20-16(21)18(19(23)24,17(22)26-14-7-2-1-3-8-14)11-13-6-4-5-12-9-10-25-15(12)13;;;/h2*1-10H,11H2,(H,20,21);;;1H2/q;;2*+1;/p-2. The molecule has 272 valence electrons. The molecule has 0 saturated heterocycles. The second-order valence-corrected chi connectivity index (χ2v) is 11.1. The molecule has 0 fully saturated rings. The Kier molecular flexibility index (Phi) is 17.7. The van der Waals surface area contributed by atoms with E-state index in [-0.39, 0.29) is 142 Å².